The number of amides is 1. The van der Waals surface area contributed by atoms with Gasteiger partial charge in [0.05, 0.1) is 10.4 Å². The van der Waals surface area contributed by atoms with Gasteiger partial charge < -0.3 is 10.6 Å². The van der Waals surface area contributed by atoms with Crippen molar-refractivity contribution in [2.45, 2.75) is 43.8 Å². The monoisotopic (exact) mass is 376 g/mol. The molecule has 2 aliphatic heterocycles. The number of carbonyl (C=O) groups is 2. The fourth-order valence-electron chi connectivity index (χ4n) is 3.86. The van der Waals surface area contributed by atoms with E-state index >= 15 is 0 Å². The van der Waals surface area contributed by atoms with Gasteiger partial charge in [0.15, 0.2) is 0 Å². The second-order valence-electron chi connectivity index (χ2n) is 6.63. The average molecular weight is 377 g/mol. The Hall–Kier alpha value is -1.69. The van der Waals surface area contributed by atoms with Gasteiger partial charge in [-0.25, -0.2) is 0 Å². The summed E-state index contributed by atoms with van der Waals surface area (Å²) in [5.41, 5.74) is 0.955. The number of rotatable bonds is 4. The molecular formula is C19H21ClN2O2S. The molecule has 0 spiro atoms. The van der Waals surface area contributed by atoms with Crippen LogP contribution in [0.25, 0.3) is 0 Å². The number of fused-ring (bicyclic) bond motifs is 2. The zero-order valence-corrected chi connectivity index (χ0v) is 15.4. The van der Waals surface area contributed by atoms with E-state index in [1.165, 1.54) is 24.2 Å². The molecule has 2 aromatic rings. The van der Waals surface area contributed by atoms with E-state index in [2.05, 4.69) is 10.6 Å². The molecule has 4 rings (SSSR count). The molecule has 2 bridgehead atoms. The normalized spacial score (nSPS) is 24.4. The first-order valence-electron chi connectivity index (χ1n) is 8.45. The van der Waals surface area contributed by atoms with Gasteiger partial charge >= 0.3 is 0 Å². The van der Waals surface area contributed by atoms with E-state index in [0.29, 0.717) is 28.1 Å². The Morgan fingerprint density at radius 1 is 1.00 bits per heavy atom. The van der Waals surface area contributed by atoms with Crippen LogP contribution in [0.3, 0.4) is 0 Å². The van der Waals surface area contributed by atoms with Crippen LogP contribution < -0.4 is 10.6 Å². The van der Waals surface area contributed by atoms with Gasteiger partial charge in [-0.05, 0) is 43.2 Å². The van der Waals surface area contributed by atoms with Crippen LogP contribution in [-0.2, 0) is 0 Å². The van der Waals surface area contributed by atoms with Gasteiger partial charge in [-0.1, -0.05) is 24.3 Å². The quantitative estimate of drug-likeness (QED) is 0.804. The molecule has 1 aromatic carbocycles. The van der Waals surface area contributed by atoms with Gasteiger partial charge in [-0.3, -0.25) is 9.59 Å². The predicted octanol–water partition coefficient (Wildman–Crippen LogP) is 3.41. The van der Waals surface area contributed by atoms with Crippen LogP contribution >= 0.6 is 23.7 Å². The summed E-state index contributed by atoms with van der Waals surface area (Å²) in [6.07, 6.45) is 4.35. The Labute approximate surface area is 157 Å². The summed E-state index contributed by atoms with van der Waals surface area (Å²) in [5.74, 6) is -0.220. The molecule has 4 nitrogen and oxygen atoms in total. The molecule has 132 valence electrons. The summed E-state index contributed by atoms with van der Waals surface area (Å²) in [5, 5.41) is 8.60. The molecule has 2 atom stereocenters. The number of ketones is 1. The molecule has 6 heteroatoms. The van der Waals surface area contributed by atoms with E-state index < -0.39 is 0 Å². The molecule has 0 saturated carbocycles. The topological polar surface area (TPSA) is 58.2 Å². The Kier molecular flexibility index (Phi) is 5.57. The Morgan fingerprint density at radius 2 is 1.68 bits per heavy atom. The minimum Gasteiger partial charge on any atom is -0.349 e. The van der Waals surface area contributed by atoms with Crippen molar-refractivity contribution < 1.29 is 9.59 Å². The SMILES string of the molecule is Cl.O=C(NC1CC2CCC(C1)N2)c1ccccc1C(=O)c1cccs1. The molecule has 3 heterocycles. The molecule has 0 radical (unpaired) electrons. The van der Waals surface area contributed by atoms with Gasteiger partial charge in [0, 0.05) is 23.7 Å². The molecule has 1 aromatic heterocycles. The molecule has 1 amide bonds. The summed E-state index contributed by atoms with van der Waals surface area (Å²) in [6, 6.07) is 12.0. The molecule has 2 fully saturated rings. The van der Waals surface area contributed by atoms with E-state index in [1.54, 1.807) is 18.2 Å². The minimum atomic E-state index is -0.137. The lowest BCUT2D eigenvalue weighted by Gasteiger charge is -2.29. The van der Waals surface area contributed by atoms with Crippen molar-refractivity contribution in [1.29, 1.82) is 0 Å². The van der Waals surface area contributed by atoms with Crippen molar-refractivity contribution >= 4 is 35.4 Å². The van der Waals surface area contributed by atoms with E-state index in [0.717, 1.165) is 12.8 Å². The minimum absolute atomic E-state index is 0. The number of hydrogen-bond acceptors (Lipinski definition) is 4. The summed E-state index contributed by atoms with van der Waals surface area (Å²) < 4.78 is 0. The largest absolute Gasteiger partial charge is 0.349 e. The number of nitrogens with one attached hydrogen (secondary N) is 2. The summed E-state index contributed by atoms with van der Waals surface area (Å²) in [7, 11) is 0. The second-order valence-corrected chi connectivity index (χ2v) is 7.58. The zero-order valence-electron chi connectivity index (χ0n) is 13.7. The first kappa shape index (κ1) is 18.1. The van der Waals surface area contributed by atoms with E-state index in [-0.39, 0.29) is 30.1 Å². The second kappa shape index (κ2) is 7.68. The lowest BCUT2D eigenvalue weighted by atomic mass is 9.98. The molecule has 2 unspecified atom stereocenters. The maximum atomic E-state index is 12.8. The smallest absolute Gasteiger partial charge is 0.252 e. The van der Waals surface area contributed by atoms with Crippen LogP contribution in [0, 0.1) is 0 Å². The molecule has 0 aliphatic carbocycles. The van der Waals surface area contributed by atoms with Gasteiger partial charge in [0.1, 0.15) is 0 Å². The number of thiophene rings is 1. The first-order chi connectivity index (χ1) is 11.7. The van der Waals surface area contributed by atoms with Crippen LogP contribution in [0.2, 0.25) is 0 Å². The zero-order chi connectivity index (χ0) is 16.5. The highest BCUT2D eigenvalue weighted by Gasteiger charge is 2.34. The average Bonchev–Trinajstić information content (AvgIpc) is 3.24. The number of hydrogen-bond donors (Lipinski definition) is 2. The van der Waals surface area contributed by atoms with Crippen LogP contribution in [0.5, 0.6) is 0 Å². The molecule has 2 N–H and O–H groups in total. The predicted molar refractivity (Wildman–Crippen MR) is 102 cm³/mol. The lowest BCUT2D eigenvalue weighted by molar-refractivity contribution is 0.0915. The highest BCUT2D eigenvalue weighted by molar-refractivity contribution is 7.12. The summed E-state index contributed by atoms with van der Waals surface area (Å²) in [6.45, 7) is 0. The Balaban J connectivity index is 0.00000182. The Bertz CT molecular complexity index is 751. The third kappa shape index (κ3) is 3.78. The van der Waals surface area contributed by atoms with E-state index in [9.17, 15) is 9.59 Å². The number of halogens is 1. The molecule has 2 saturated heterocycles. The van der Waals surface area contributed by atoms with E-state index in [1.807, 2.05) is 23.6 Å². The fraction of sp³-hybridized carbons (Fsp3) is 0.368. The highest BCUT2D eigenvalue weighted by Crippen LogP contribution is 2.27. The third-order valence-electron chi connectivity index (χ3n) is 4.97. The first-order valence-corrected chi connectivity index (χ1v) is 9.33. The summed E-state index contributed by atoms with van der Waals surface area (Å²) in [4.78, 5) is 26.1. The maximum Gasteiger partial charge on any atom is 0.252 e. The number of benzene rings is 1. The van der Waals surface area contributed by atoms with Gasteiger partial charge in [-0.15, -0.1) is 23.7 Å². The van der Waals surface area contributed by atoms with Gasteiger partial charge in [-0.2, -0.15) is 0 Å². The number of piperidine rings is 1. The van der Waals surface area contributed by atoms with Crippen molar-refractivity contribution in [1.82, 2.24) is 10.6 Å². The van der Waals surface area contributed by atoms with E-state index in [4.69, 9.17) is 0 Å². The van der Waals surface area contributed by atoms with Crippen molar-refractivity contribution in [2.75, 3.05) is 0 Å². The van der Waals surface area contributed by atoms with Gasteiger partial charge in [0.25, 0.3) is 5.91 Å². The van der Waals surface area contributed by atoms with Gasteiger partial charge in [0.2, 0.25) is 5.78 Å². The fourth-order valence-corrected chi connectivity index (χ4v) is 4.54. The maximum absolute atomic E-state index is 12.8. The highest BCUT2D eigenvalue weighted by atomic mass is 35.5. The van der Waals surface area contributed by atoms with Crippen LogP contribution in [0.15, 0.2) is 41.8 Å². The van der Waals surface area contributed by atoms with Crippen molar-refractivity contribution in [3.63, 3.8) is 0 Å². The van der Waals surface area contributed by atoms with Crippen molar-refractivity contribution in [3.8, 4) is 0 Å². The molecule has 2 aliphatic rings. The lowest BCUT2D eigenvalue weighted by Crippen LogP contribution is -2.48. The molecular weight excluding hydrogens is 356 g/mol. The van der Waals surface area contributed by atoms with Crippen LogP contribution in [0.4, 0.5) is 0 Å². The molecule has 25 heavy (non-hydrogen) atoms. The van der Waals surface area contributed by atoms with Crippen molar-refractivity contribution in [3.05, 3.63) is 57.8 Å². The Morgan fingerprint density at radius 3 is 2.32 bits per heavy atom. The summed E-state index contributed by atoms with van der Waals surface area (Å²) >= 11 is 1.40. The third-order valence-corrected chi connectivity index (χ3v) is 5.84. The van der Waals surface area contributed by atoms with Crippen LogP contribution in [-0.4, -0.2) is 29.8 Å². The number of carbonyl (C=O) groups excluding carboxylic acids is 2. The standard InChI is InChI=1S/C19H20N2O2S.ClH/c22-18(17-6-3-9-24-17)15-4-1-2-5-16(15)19(23)21-14-10-12-7-8-13(11-14)20-12;/h1-6,9,12-14,20H,7-8,10-11H2,(H,21,23);1H. The van der Waals surface area contributed by atoms with Crippen molar-refractivity contribution in [2.24, 2.45) is 0 Å². The van der Waals surface area contributed by atoms with Crippen LogP contribution in [0.1, 0.15) is 51.3 Å².